The molecule has 0 rings (SSSR count). The van der Waals surface area contributed by atoms with Crippen LogP contribution in [0.15, 0.2) is 0 Å². The highest BCUT2D eigenvalue weighted by atomic mass is 16.3. The lowest BCUT2D eigenvalue weighted by atomic mass is 9.96. The average molecular weight is 173 g/mol. The molecule has 1 unspecified atom stereocenters. The van der Waals surface area contributed by atoms with E-state index >= 15 is 0 Å². The Morgan fingerprint density at radius 1 is 1.33 bits per heavy atom. The zero-order chi connectivity index (χ0) is 9.78. The highest BCUT2D eigenvalue weighted by Gasteiger charge is 2.14. The van der Waals surface area contributed by atoms with Crippen LogP contribution >= 0.6 is 0 Å². The Hall–Kier alpha value is -0.0800. The van der Waals surface area contributed by atoms with Gasteiger partial charge in [0.2, 0.25) is 0 Å². The van der Waals surface area contributed by atoms with Gasteiger partial charge in [-0.2, -0.15) is 0 Å². The van der Waals surface area contributed by atoms with E-state index in [2.05, 4.69) is 32.7 Å². The highest BCUT2D eigenvalue weighted by molar-refractivity contribution is 4.68. The van der Waals surface area contributed by atoms with Crippen LogP contribution in [0.4, 0.5) is 0 Å². The van der Waals surface area contributed by atoms with Crippen LogP contribution in [0.5, 0.6) is 0 Å². The van der Waals surface area contributed by atoms with E-state index in [0.29, 0.717) is 5.41 Å². The number of hydrogen-bond acceptors (Lipinski definition) is 2. The second-order valence-corrected chi connectivity index (χ2v) is 4.82. The topological polar surface area (TPSA) is 23.5 Å². The van der Waals surface area contributed by atoms with Crippen molar-refractivity contribution in [3.05, 3.63) is 0 Å². The van der Waals surface area contributed by atoms with E-state index in [9.17, 15) is 5.11 Å². The van der Waals surface area contributed by atoms with Gasteiger partial charge in [0.25, 0.3) is 0 Å². The molecular weight excluding hydrogens is 150 g/mol. The molecule has 0 radical (unpaired) electrons. The number of aliphatic hydroxyl groups excluding tert-OH is 1. The summed E-state index contributed by atoms with van der Waals surface area (Å²) in [6.07, 6.45) is 0.673. The van der Waals surface area contributed by atoms with E-state index in [-0.39, 0.29) is 6.10 Å². The summed E-state index contributed by atoms with van der Waals surface area (Å²) in [5.74, 6) is 0. The molecule has 0 aliphatic carbocycles. The van der Waals surface area contributed by atoms with Crippen LogP contribution in [0.2, 0.25) is 0 Å². The van der Waals surface area contributed by atoms with Crippen LogP contribution in [0.25, 0.3) is 0 Å². The van der Waals surface area contributed by atoms with Crippen molar-refractivity contribution in [1.82, 2.24) is 4.90 Å². The van der Waals surface area contributed by atoms with E-state index in [1.807, 2.05) is 6.92 Å². The van der Waals surface area contributed by atoms with Crippen LogP contribution in [-0.2, 0) is 0 Å². The Balaban J connectivity index is 3.66. The summed E-state index contributed by atoms with van der Waals surface area (Å²) in [5, 5.41) is 9.38. The van der Waals surface area contributed by atoms with Crippen molar-refractivity contribution in [1.29, 1.82) is 0 Å². The minimum Gasteiger partial charge on any atom is -0.392 e. The third-order valence-corrected chi connectivity index (χ3v) is 1.74. The van der Waals surface area contributed by atoms with Gasteiger partial charge in [0.05, 0.1) is 6.10 Å². The molecule has 1 N–H and O–H groups in total. The van der Waals surface area contributed by atoms with E-state index in [1.54, 1.807) is 0 Å². The zero-order valence-corrected chi connectivity index (χ0v) is 9.09. The molecule has 1 atom stereocenters. The van der Waals surface area contributed by atoms with Crippen molar-refractivity contribution in [2.75, 3.05) is 20.1 Å². The fourth-order valence-electron chi connectivity index (χ4n) is 1.36. The van der Waals surface area contributed by atoms with Gasteiger partial charge in [-0.1, -0.05) is 27.7 Å². The summed E-state index contributed by atoms with van der Waals surface area (Å²) in [6, 6.07) is 0. The lowest BCUT2D eigenvalue weighted by Gasteiger charge is -2.27. The van der Waals surface area contributed by atoms with E-state index in [0.717, 1.165) is 19.5 Å². The smallest absolute Gasteiger partial charge is 0.0664 e. The first kappa shape index (κ1) is 11.9. The van der Waals surface area contributed by atoms with Gasteiger partial charge in [-0.15, -0.1) is 0 Å². The Kier molecular flexibility index (Phi) is 4.80. The summed E-state index contributed by atoms with van der Waals surface area (Å²) >= 11 is 0. The molecule has 0 heterocycles. The molecule has 0 aliphatic heterocycles. The van der Waals surface area contributed by atoms with Crippen molar-refractivity contribution >= 4 is 0 Å². The molecule has 2 nitrogen and oxygen atoms in total. The second-order valence-electron chi connectivity index (χ2n) is 4.82. The van der Waals surface area contributed by atoms with E-state index in [4.69, 9.17) is 0 Å². The first-order valence-electron chi connectivity index (χ1n) is 4.72. The molecule has 2 heteroatoms. The Morgan fingerprint density at radius 2 is 1.83 bits per heavy atom. The first-order valence-corrected chi connectivity index (χ1v) is 4.72. The van der Waals surface area contributed by atoms with E-state index in [1.165, 1.54) is 0 Å². The maximum Gasteiger partial charge on any atom is 0.0664 e. The maximum atomic E-state index is 9.38. The van der Waals surface area contributed by atoms with Gasteiger partial charge in [0.1, 0.15) is 0 Å². The quantitative estimate of drug-likeness (QED) is 0.700. The van der Waals surface area contributed by atoms with Gasteiger partial charge in [0.15, 0.2) is 0 Å². The fraction of sp³-hybridized carbons (Fsp3) is 1.00. The molecule has 0 fully saturated rings. The van der Waals surface area contributed by atoms with Crippen LogP contribution in [-0.4, -0.2) is 36.2 Å². The second kappa shape index (κ2) is 4.83. The number of hydrogen-bond donors (Lipinski definition) is 1. The molecule has 0 aromatic carbocycles. The van der Waals surface area contributed by atoms with Crippen LogP contribution in [0.1, 0.15) is 34.1 Å². The third kappa shape index (κ3) is 6.62. The molecule has 0 aromatic rings. The summed E-state index contributed by atoms with van der Waals surface area (Å²) < 4.78 is 0. The number of rotatable bonds is 4. The molecule has 0 bridgehead atoms. The van der Waals surface area contributed by atoms with Crippen molar-refractivity contribution in [2.45, 2.75) is 40.2 Å². The summed E-state index contributed by atoms with van der Waals surface area (Å²) in [7, 11) is 2.06. The molecule has 0 amide bonds. The average Bonchev–Trinajstić information content (AvgIpc) is 1.82. The Labute approximate surface area is 76.6 Å². The standard InChI is InChI=1S/C10H23NO/c1-6-9(12)7-11(5)8-10(2,3)4/h9,12H,6-8H2,1-5H3. The van der Waals surface area contributed by atoms with Crippen LogP contribution in [0, 0.1) is 5.41 Å². The maximum absolute atomic E-state index is 9.38. The van der Waals surface area contributed by atoms with E-state index < -0.39 is 0 Å². The monoisotopic (exact) mass is 173 g/mol. The van der Waals surface area contributed by atoms with Gasteiger partial charge in [0, 0.05) is 13.1 Å². The molecule has 0 spiro atoms. The Bertz CT molecular complexity index is 117. The van der Waals surface area contributed by atoms with Gasteiger partial charge >= 0.3 is 0 Å². The molecule has 12 heavy (non-hydrogen) atoms. The van der Waals surface area contributed by atoms with Gasteiger partial charge in [-0.3, -0.25) is 0 Å². The largest absolute Gasteiger partial charge is 0.392 e. The molecule has 0 saturated carbocycles. The summed E-state index contributed by atoms with van der Waals surface area (Å²) in [5.41, 5.74) is 0.322. The lowest BCUT2D eigenvalue weighted by molar-refractivity contribution is 0.105. The molecule has 0 saturated heterocycles. The van der Waals surface area contributed by atoms with Crippen molar-refractivity contribution in [3.8, 4) is 0 Å². The molecular formula is C10H23NO. The van der Waals surface area contributed by atoms with Gasteiger partial charge in [-0.05, 0) is 18.9 Å². The van der Waals surface area contributed by atoms with Crippen molar-refractivity contribution in [2.24, 2.45) is 5.41 Å². The van der Waals surface area contributed by atoms with Gasteiger partial charge in [-0.25, -0.2) is 0 Å². The highest BCUT2D eigenvalue weighted by Crippen LogP contribution is 2.14. The number of aliphatic hydroxyl groups is 1. The normalized spacial score (nSPS) is 15.2. The lowest BCUT2D eigenvalue weighted by Crippen LogP contribution is -2.35. The van der Waals surface area contributed by atoms with Crippen LogP contribution < -0.4 is 0 Å². The zero-order valence-electron chi connectivity index (χ0n) is 9.09. The summed E-state index contributed by atoms with van der Waals surface area (Å²) in [6.45, 7) is 10.5. The minimum absolute atomic E-state index is 0.169. The predicted octanol–water partition coefficient (Wildman–Crippen LogP) is 1.74. The SMILES string of the molecule is CCC(O)CN(C)CC(C)(C)C. The van der Waals surface area contributed by atoms with Crippen molar-refractivity contribution in [3.63, 3.8) is 0 Å². The van der Waals surface area contributed by atoms with Gasteiger partial charge < -0.3 is 10.0 Å². The predicted molar refractivity (Wildman–Crippen MR) is 53.2 cm³/mol. The van der Waals surface area contributed by atoms with Crippen LogP contribution in [0.3, 0.4) is 0 Å². The molecule has 0 aromatic heterocycles. The number of likely N-dealkylation sites (N-methyl/N-ethyl adjacent to an activating group) is 1. The summed E-state index contributed by atoms with van der Waals surface area (Å²) in [4.78, 5) is 2.19. The molecule has 74 valence electrons. The Morgan fingerprint density at radius 3 is 2.17 bits per heavy atom. The first-order chi connectivity index (χ1) is 5.35. The fourth-order valence-corrected chi connectivity index (χ4v) is 1.36. The minimum atomic E-state index is -0.169. The molecule has 0 aliphatic rings. The number of nitrogens with zero attached hydrogens (tertiary/aromatic N) is 1. The third-order valence-electron chi connectivity index (χ3n) is 1.74. The van der Waals surface area contributed by atoms with Crippen molar-refractivity contribution < 1.29 is 5.11 Å².